The molecular formula is C19H20N4O3. The molecule has 3 aromatic rings. The van der Waals surface area contributed by atoms with Gasteiger partial charge in [-0.25, -0.2) is 4.98 Å². The van der Waals surface area contributed by atoms with Crippen molar-refractivity contribution < 1.29 is 14.1 Å². The minimum atomic E-state index is -0.0872. The van der Waals surface area contributed by atoms with Crippen LogP contribution in [0.5, 0.6) is 5.88 Å². The molecule has 1 N–H and O–H groups in total. The lowest BCUT2D eigenvalue weighted by Crippen LogP contribution is -2.23. The van der Waals surface area contributed by atoms with Crippen LogP contribution in [0.4, 0.5) is 0 Å². The van der Waals surface area contributed by atoms with Gasteiger partial charge in [-0.2, -0.15) is 4.98 Å². The van der Waals surface area contributed by atoms with Crippen LogP contribution in [0.2, 0.25) is 0 Å². The summed E-state index contributed by atoms with van der Waals surface area (Å²) in [5.41, 5.74) is 2.98. The average molecular weight is 352 g/mol. The fourth-order valence-electron chi connectivity index (χ4n) is 2.36. The molecule has 0 atom stereocenters. The quantitative estimate of drug-likeness (QED) is 0.703. The maximum Gasteiger partial charge on any atom is 0.227 e. The highest BCUT2D eigenvalue weighted by atomic mass is 16.5. The van der Waals surface area contributed by atoms with Gasteiger partial charge < -0.3 is 14.6 Å². The Labute approximate surface area is 151 Å². The third-order valence-corrected chi connectivity index (χ3v) is 3.84. The van der Waals surface area contributed by atoms with Crippen molar-refractivity contribution >= 4 is 5.91 Å². The minimum absolute atomic E-state index is 0.0872. The SMILES string of the molecule is COc1cc(CNC(=O)CCc2nc(-c3ccc(C)cc3)no2)ccn1. The number of hydrogen-bond donors (Lipinski definition) is 1. The van der Waals surface area contributed by atoms with Crippen molar-refractivity contribution in [3.63, 3.8) is 0 Å². The van der Waals surface area contributed by atoms with Crippen LogP contribution >= 0.6 is 0 Å². The highest BCUT2D eigenvalue weighted by Gasteiger charge is 2.10. The van der Waals surface area contributed by atoms with Gasteiger partial charge in [-0.15, -0.1) is 0 Å². The van der Waals surface area contributed by atoms with E-state index in [1.54, 1.807) is 19.4 Å². The van der Waals surface area contributed by atoms with Crippen LogP contribution in [0.1, 0.15) is 23.4 Å². The molecule has 2 heterocycles. The van der Waals surface area contributed by atoms with Crippen LogP contribution in [0.25, 0.3) is 11.4 Å². The van der Waals surface area contributed by atoms with Crippen LogP contribution in [-0.2, 0) is 17.8 Å². The Balaban J connectivity index is 1.49. The van der Waals surface area contributed by atoms with Gasteiger partial charge in [0.15, 0.2) is 0 Å². The normalized spacial score (nSPS) is 10.5. The Hall–Kier alpha value is -3.22. The maximum atomic E-state index is 12.0. The Bertz CT molecular complexity index is 875. The molecule has 7 heteroatoms. The van der Waals surface area contributed by atoms with Gasteiger partial charge in [-0.3, -0.25) is 4.79 Å². The highest BCUT2D eigenvalue weighted by molar-refractivity contribution is 5.76. The van der Waals surface area contributed by atoms with Gasteiger partial charge >= 0.3 is 0 Å². The smallest absolute Gasteiger partial charge is 0.227 e. The second kappa shape index (κ2) is 8.24. The van der Waals surface area contributed by atoms with E-state index in [1.807, 2.05) is 37.3 Å². The molecule has 0 saturated carbocycles. The van der Waals surface area contributed by atoms with E-state index < -0.39 is 0 Å². The maximum absolute atomic E-state index is 12.0. The standard InChI is InChI=1S/C19H20N4O3/c1-13-3-5-15(6-4-13)19-22-17(26-23-19)8-7-16(24)21-12-14-9-10-20-18(11-14)25-2/h3-6,9-11H,7-8,12H2,1-2H3,(H,21,24). The summed E-state index contributed by atoms with van der Waals surface area (Å²) in [5.74, 6) is 1.41. The van der Waals surface area contributed by atoms with E-state index in [-0.39, 0.29) is 12.3 Å². The number of carbonyl (C=O) groups is 1. The number of carbonyl (C=O) groups excluding carboxylic acids is 1. The number of pyridine rings is 1. The number of aromatic nitrogens is 3. The van der Waals surface area contributed by atoms with Crippen molar-refractivity contribution in [2.75, 3.05) is 7.11 Å². The fourth-order valence-corrected chi connectivity index (χ4v) is 2.36. The second-order valence-electron chi connectivity index (χ2n) is 5.86. The number of methoxy groups -OCH3 is 1. The lowest BCUT2D eigenvalue weighted by atomic mass is 10.1. The molecule has 1 amide bonds. The van der Waals surface area contributed by atoms with E-state index in [9.17, 15) is 4.79 Å². The lowest BCUT2D eigenvalue weighted by Gasteiger charge is -2.05. The van der Waals surface area contributed by atoms with Gasteiger partial charge in [-0.05, 0) is 18.6 Å². The zero-order valence-electron chi connectivity index (χ0n) is 14.7. The third kappa shape index (κ3) is 4.66. The summed E-state index contributed by atoms with van der Waals surface area (Å²) in [4.78, 5) is 20.4. The van der Waals surface area contributed by atoms with Gasteiger partial charge in [0, 0.05) is 37.2 Å². The second-order valence-corrected chi connectivity index (χ2v) is 5.86. The lowest BCUT2D eigenvalue weighted by molar-refractivity contribution is -0.121. The average Bonchev–Trinajstić information content (AvgIpc) is 3.14. The minimum Gasteiger partial charge on any atom is -0.481 e. The number of ether oxygens (including phenoxy) is 1. The Morgan fingerprint density at radius 1 is 1.23 bits per heavy atom. The molecule has 3 rings (SSSR count). The number of hydrogen-bond acceptors (Lipinski definition) is 6. The molecule has 0 aliphatic rings. The largest absolute Gasteiger partial charge is 0.481 e. The number of rotatable bonds is 7. The van der Waals surface area contributed by atoms with Crippen molar-refractivity contribution in [1.29, 1.82) is 0 Å². The summed E-state index contributed by atoms with van der Waals surface area (Å²) in [6.45, 7) is 2.43. The van der Waals surface area contributed by atoms with Crippen molar-refractivity contribution in [2.45, 2.75) is 26.3 Å². The van der Waals surface area contributed by atoms with Crippen LogP contribution in [-0.4, -0.2) is 28.1 Å². The van der Waals surface area contributed by atoms with Crippen molar-refractivity contribution in [3.8, 4) is 17.3 Å². The number of nitrogens with one attached hydrogen (secondary N) is 1. The molecule has 7 nitrogen and oxygen atoms in total. The zero-order chi connectivity index (χ0) is 18.4. The first-order valence-corrected chi connectivity index (χ1v) is 8.29. The summed E-state index contributed by atoms with van der Waals surface area (Å²) in [6, 6.07) is 11.5. The van der Waals surface area contributed by atoms with Crippen LogP contribution in [0.3, 0.4) is 0 Å². The summed E-state index contributed by atoms with van der Waals surface area (Å²) in [7, 11) is 1.56. The van der Waals surface area contributed by atoms with E-state index in [0.717, 1.165) is 11.1 Å². The molecule has 1 aromatic carbocycles. The summed E-state index contributed by atoms with van der Waals surface area (Å²) >= 11 is 0. The molecule has 26 heavy (non-hydrogen) atoms. The highest BCUT2D eigenvalue weighted by Crippen LogP contribution is 2.16. The van der Waals surface area contributed by atoms with Gasteiger partial charge in [0.1, 0.15) is 0 Å². The first-order chi connectivity index (χ1) is 12.6. The molecule has 0 bridgehead atoms. The van der Waals surface area contributed by atoms with Crippen molar-refractivity contribution in [3.05, 3.63) is 59.6 Å². The van der Waals surface area contributed by atoms with Crippen molar-refractivity contribution in [2.24, 2.45) is 0 Å². The Kier molecular flexibility index (Phi) is 5.58. The molecule has 0 aliphatic heterocycles. The Morgan fingerprint density at radius 2 is 2.04 bits per heavy atom. The van der Waals surface area contributed by atoms with Gasteiger partial charge in [0.25, 0.3) is 0 Å². The molecule has 134 valence electrons. The first kappa shape index (κ1) is 17.6. The molecule has 0 radical (unpaired) electrons. The summed E-state index contributed by atoms with van der Waals surface area (Å²) < 4.78 is 10.3. The van der Waals surface area contributed by atoms with E-state index in [2.05, 4.69) is 20.4 Å². The number of nitrogens with zero attached hydrogens (tertiary/aromatic N) is 3. The topological polar surface area (TPSA) is 90.1 Å². The summed E-state index contributed by atoms with van der Waals surface area (Å²) in [6.07, 6.45) is 2.31. The molecule has 0 fully saturated rings. The first-order valence-electron chi connectivity index (χ1n) is 8.29. The van der Waals surface area contributed by atoms with Gasteiger partial charge in [0.2, 0.25) is 23.5 Å². The zero-order valence-corrected chi connectivity index (χ0v) is 14.7. The van der Waals surface area contributed by atoms with Crippen LogP contribution < -0.4 is 10.1 Å². The summed E-state index contributed by atoms with van der Waals surface area (Å²) in [5, 5.41) is 6.82. The number of benzene rings is 1. The molecule has 0 saturated heterocycles. The van der Waals surface area contributed by atoms with Crippen LogP contribution in [0, 0.1) is 6.92 Å². The molecule has 2 aromatic heterocycles. The molecule has 0 spiro atoms. The number of amides is 1. The predicted octanol–water partition coefficient (Wildman–Crippen LogP) is 2.70. The van der Waals surface area contributed by atoms with E-state index in [0.29, 0.717) is 30.6 Å². The monoisotopic (exact) mass is 352 g/mol. The molecule has 0 aliphatic carbocycles. The van der Waals surface area contributed by atoms with E-state index >= 15 is 0 Å². The van der Waals surface area contributed by atoms with Crippen molar-refractivity contribution in [1.82, 2.24) is 20.4 Å². The predicted molar refractivity (Wildman–Crippen MR) is 95.4 cm³/mol. The van der Waals surface area contributed by atoms with Gasteiger partial charge in [0.05, 0.1) is 7.11 Å². The van der Waals surface area contributed by atoms with Gasteiger partial charge in [-0.1, -0.05) is 35.0 Å². The number of aryl methyl sites for hydroxylation is 2. The van der Waals surface area contributed by atoms with E-state index in [1.165, 1.54) is 5.56 Å². The Morgan fingerprint density at radius 3 is 2.81 bits per heavy atom. The van der Waals surface area contributed by atoms with Crippen LogP contribution in [0.15, 0.2) is 47.1 Å². The van der Waals surface area contributed by atoms with E-state index in [4.69, 9.17) is 9.26 Å². The molecular weight excluding hydrogens is 332 g/mol. The molecule has 0 unspecified atom stereocenters. The third-order valence-electron chi connectivity index (χ3n) is 3.84. The fraction of sp³-hybridized carbons (Fsp3) is 0.263.